The lowest BCUT2D eigenvalue weighted by atomic mass is 10.2. The molecule has 0 spiro atoms. The molecule has 16 heavy (non-hydrogen) atoms. The fourth-order valence-corrected chi connectivity index (χ4v) is 2.00. The van der Waals surface area contributed by atoms with Gasteiger partial charge in [0.15, 0.2) is 6.04 Å². The first-order valence-corrected chi connectivity index (χ1v) is 5.51. The van der Waals surface area contributed by atoms with Crippen LogP contribution in [0.4, 0.5) is 5.69 Å². The number of piperazine rings is 1. The number of methoxy groups -OCH3 is 1. The van der Waals surface area contributed by atoms with Crippen LogP contribution in [-0.4, -0.2) is 32.1 Å². The zero-order chi connectivity index (χ0) is 11.5. The Kier molecular flexibility index (Phi) is 3.10. The van der Waals surface area contributed by atoms with Crippen molar-refractivity contribution in [2.24, 2.45) is 0 Å². The second kappa shape index (κ2) is 4.53. The molecule has 0 aliphatic carbocycles. The molecule has 86 valence electrons. The lowest BCUT2D eigenvalue weighted by Gasteiger charge is -2.29. The summed E-state index contributed by atoms with van der Waals surface area (Å²) in [5.74, 6) is 0.903. The fraction of sp³-hybridized carbons (Fsp3) is 0.417. The Morgan fingerprint density at radius 3 is 2.94 bits per heavy atom. The Morgan fingerprint density at radius 1 is 1.44 bits per heavy atom. The number of anilines is 1. The molecule has 1 amide bonds. The number of nitrogens with zero attached hydrogens (tertiary/aromatic N) is 1. The maximum Gasteiger partial charge on any atom is 0.285 e. The first kappa shape index (κ1) is 11.0. The molecule has 1 atom stereocenters. The molecule has 1 fully saturated rings. The summed E-state index contributed by atoms with van der Waals surface area (Å²) in [6, 6.07) is 7.64. The van der Waals surface area contributed by atoms with Gasteiger partial charge in [0.1, 0.15) is 5.75 Å². The molecule has 2 rings (SSSR count). The molecule has 1 heterocycles. The molecule has 0 bridgehead atoms. The van der Waals surface area contributed by atoms with Crippen LogP contribution in [0.1, 0.15) is 6.92 Å². The molecule has 4 nitrogen and oxygen atoms in total. The van der Waals surface area contributed by atoms with Gasteiger partial charge in [-0.15, -0.1) is 0 Å². The van der Waals surface area contributed by atoms with E-state index in [1.165, 1.54) is 0 Å². The summed E-state index contributed by atoms with van der Waals surface area (Å²) < 4.78 is 5.28. The van der Waals surface area contributed by atoms with Gasteiger partial charge in [-0.05, 0) is 19.1 Å². The van der Waals surface area contributed by atoms with Gasteiger partial charge < -0.3 is 10.1 Å². The highest BCUT2D eigenvalue weighted by Gasteiger charge is 2.30. The summed E-state index contributed by atoms with van der Waals surface area (Å²) in [5, 5.41) is 2.06. The lowest BCUT2D eigenvalue weighted by molar-refractivity contribution is -0.674. The standard InChI is InChI=1S/C12H16N2O2/c1-9-12(15)14(8-7-13-9)10-5-3-4-6-11(10)16-2/h3-6,9,13H,7-8H2,1-2H3/p+1/t9-/m0/s1. The molecular formula is C12H17N2O2+. The third-order valence-electron chi connectivity index (χ3n) is 2.90. The average molecular weight is 221 g/mol. The third-order valence-corrected chi connectivity index (χ3v) is 2.90. The number of hydrogen-bond donors (Lipinski definition) is 1. The SMILES string of the molecule is COc1ccccc1N1CC[NH2+][C@@H](C)C1=O. The van der Waals surface area contributed by atoms with Crippen molar-refractivity contribution < 1.29 is 14.8 Å². The van der Waals surface area contributed by atoms with E-state index >= 15 is 0 Å². The Labute approximate surface area is 95.2 Å². The van der Waals surface area contributed by atoms with Crippen molar-refractivity contribution in [3.05, 3.63) is 24.3 Å². The number of amides is 1. The van der Waals surface area contributed by atoms with Crippen molar-refractivity contribution in [1.82, 2.24) is 0 Å². The van der Waals surface area contributed by atoms with E-state index < -0.39 is 0 Å². The highest BCUT2D eigenvalue weighted by atomic mass is 16.5. The largest absolute Gasteiger partial charge is 0.495 e. The molecule has 1 aromatic rings. The number of nitrogens with two attached hydrogens (primary N) is 1. The van der Waals surface area contributed by atoms with Crippen LogP contribution in [0.2, 0.25) is 0 Å². The van der Waals surface area contributed by atoms with Gasteiger partial charge in [0.2, 0.25) is 0 Å². The Balaban J connectivity index is 2.32. The van der Waals surface area contributed by atoms with E-state index in [4.69, 9.17) is 4.74 Å². The summed E-state index contributed by atoms with van der Waals surface area (Å²) in [5.41, 5.74) is 0.870. The molecule has 0 unspecified atom stereocenters. The zero-order valence-corrected chi connectivity index (χ0v) is 9.64. The molecule has 1 aliphatic rings. The molecule has 2 N–H and O–H groups in total. The second-order valence-corrected chi connectivity index (χ2v) is 3.97. The van der Waals surface area contributed by atoms with E-state index in [1.807, 2.05) is 36.1 Å². The number of rotatable bonds is 2. The average Bonchev–Trinajstić information content (AvgIpc) is 2.33. The molecule has 4 heteroatoms. The Bertz CT molecular complexity index is 392. The maximum absolute atomic E-state index is 12.0. The first-order chi connectivity index (χ1) is 7.74. The topological polar surface area (TPSA) is 46.1 Å². The number of quaternary nitrogens is 1. The van der Waals surface area contributed by atoms with Crippen molar-refractivity contribution in [1.29, 1.82) is 0 Å². The van der Waals surface area contributed by atoms with Gasteiger partial charge in [0.25, 0.3) is 5.91 Å². The highest BCUT2D eigenvalue weighted by Crippen LogP contribution is 2.28. The van der Waals surface area contributed by atoms with Crippen LogP contribution in [0.5, 0.6) is 5.75 Å². The van der Waals surface area contributed by atoms with Crippen molar-refractivity contribution in [3.8, 4) is 5.75 Å². The minimum atomic E-state index is -0.00124. The van der Waals surface area contributed by atoms with Crippen LogP contribution in [0.25, 0.3) is 0 Å². The van der Waals surface area contributed by atoms with Gasteiger partial charge in [-0.3, -0.25) is 9.69 Å². The van der Waals surface area contributed by atoms with Gasteiger partial charge in [0.05, 0.1) is 25.9 Å². The number of ether oxygens (including phenoxy) is 1. The first-order valence-electron chi connectivity index (χ1n) is 5.51. The van der Waals surface area contributed by atoms with E-state index in [0.29, 0.717) is 0 Å². The Hall–Kier alpha value is -1.55. The normalized spacial score (nSPS) is 21.0. The van der Waals surface area contributed by atoms with Crippen molar-refractivity contribution >= 4 is 11.6 Å². The van der Waals surface area contributed by atoms with Crippen LogP contribution in [0.3, 0.4) is 0 Å². The van der Waals surface area contributed by atoms with Gasteiger partial charge >= 0.3 is 0 Å². The van der Waals surface area contributed by atoms with E-state index in [1.54, 1.807) is 7.11 Å². The minimum absolute atomic E-state index is 0.00124. The van der Waals surface area contributed by atoms with E-state index in [2.05, 4.69) is 5.32 Å². The summed E-state index contributed by atoms with van der Waals surface area (Å²) in [6.45, 7) is 3.61. The van der Waals surface area contributed by atoms with E-state index in [9.17, 15) is 4.79 Å². The molecule has 1 saturated heterocycles. The maximum atomic E-state index is 12.0. The smallest absolute Gasteiger partial charge is 0.285 e. The van der Waals surface area contributed by atoms with E-state index in [0.717, 1.165) is 24.5 Å². The number of hydrogen-bond acceptors (Lipinski definition) is 2. The predicted molar refractivity (Wildman–Crippen MR) is 61.6 cm³/mol. The molecule has 0 saturated carbocycles. The molecule has 1 aromatic carbocycles. The highest BCUT2D eigenvalue weighted by molar-refractivity contribution is 5.97. The summed E-state index contributed by atoms with van der Waals surface area (Å²) >= 11 is 0. The summed E-state index contributed by atoms with van der Waals surface area (Å²) in [4.78, 5) is 13.8. The number of carbonyl (C=O) groups is 1. The monoisotopic (exact) mass is 221 g/mol. The van der Waals surface area contributed by atoms with Crippen molar-refractivity contribution in [3.63, 3.8) is 0 Å². The van der Waals surface area contributed by atoms with Crippen LogP contribution >= 0.6 is 0 Å². The third kappa shape index (κ3) is 1.88. The van der Waals surface area contributed by atoms with Crippen LogP contribution in [0.15, 0.2) is 24.3 Å². The second-order valence-electron chi connectivity index (χ2n) is 3.97. The Morgan fingerprint density at radius 2 is 2.19 bits per heavy atom. The predicted octanol–water partition coefficient (Wildman–Crippen LogP) is -0.00630. The van der Waals surface area contributed by atoms with Gasteiger partial charge in [0, 0.05) is 0 Å². The number of carbonyl (C=O) groups excluding carboxylic acids is 1. The number of para-hydroxylation sites is 2. The summed E-state index contributed by atoms with van der Waals surface area (Å²) in [7, 11) is 1.63. The lowest BCUT2D eigenvalue weighted by Crippen LogP contribution is -2.96. The quantitative estimate of drug-likeness (QED) is 0.763. The zero-order valence-electron chi connectivity index (χ0n) is 9.64. The van der Waals surface area contributed by atoms with Crippen LogP contribution in [0, 0.1) is 0 Å². The van der Waals surface area contributed by atoms with Gasteiger partial charge in [-0.1, -0.05) is 12.1 Å². The van der Waals surface area contributed by atoms with Crippen LogP contribution in [-0.2, 0) is 4.79 Å². The number of benzene rings is 1. The minimum Gasteiger partial charge on any atom is -0.495 e. The van der Waals surface area contributed by atoms with Gasteiger partial charge in [-0.25, -0.2) is 0 Å². The van der Waals surface area contributed by atoms with Crippen LogP contribution < -0.4 is 15.0 Å². The van der Waals surface area contributed by atoms with E-state index in [-0.39, 0.29) is 11.9 Å². The summed E-state index contributed by atoms with van der Waals surface area (Å²) in [6.07, 6.45) is 0. The van der Waals surface area contributed by atoms with Crippen molar-refractivity contribution in [2.75, 3.05) is 25.1 Å². The van der Waals surface area contributed by atoms with Gasteiger partial charge in [-0.2, -0.15) is 0 Å². The molecule has 0 radical (unpaired) electrons. The molecule has 0 aromatic heterocycles. The molecular weight excluding hydrogens is 204 g/mol. The van der Waals surface area contributed by atoms with Crippen molar-refractivity contribution in [2.45, 2.75) is 13.0 Å². The fourth-order valence-electron chi connectivity index (χ4n) is 2.00. The molecule has 1 aliphatic heterocycles.